The standard InChI is InChI=1S/C27H26N4O5S/c32-24(18-6-7-18)28-21-12-8-20(9-13-21)26(34)30-31-27(37)29-25(33)19-10-14-23(15-11-19)36-17-16-35-22-4-2-1-3-5-22/h1-5,8-15,18H,6-7,16-17H2,(H,28,32)(H,30,34)(H2,29,31,33,37). The predicted molar refractivity (Wildman–Crippen MR) is 142 cm³/mol. The van der Waals surface area contributed by atoms with Crippen LogP contribution in [0.2, 0.25) is 0 Å². The molecular formula is C27H26N4O5S. The Bertz CT molecular complexity index is 1250. The van der Waals surface area contributed by atoms with Crippen LogP contribution >= 0.6 is 12.2 Å². The minimum absolute atomic E-state index is 0.00411. The van der Waals surface area contributed by atoms with Crippen molar-refractivity contribution in [2.75, 3.05) is 18.5 Å². The molecule has 37 heavy (non-hydrogen) atoms. The quantitative estimate of drug-likeness (QED) is 0.195. The second-order valence-corrected chi connectivity index (χ2v) is 8.65. The van der Waals surface area contributed by atoms with Gasteiger partial charge in [-0.2, -0.15) is 0 Å². The number of carbonyl (C=O) groups excluding carboxylic acids is 3. The van der Waals surface area contributed by atoms with Crippen LogP contribution in [-0.2, 0) is 4.79 Å². The zero-order valence-electron chi connectivity index (χ0n) is 19.9. The number of hydrogen-bond donors (Lipinski definition) is 4. The highest BCUT2D eigenvalue weighted by Gasteiger charge is 2.29. The van der Waals surface area contributed by atoms with Gasteiger partial charge in [-0.3, -0.25) is 30.6 Å². The van der Waals surface area contributed by atoms with E-state index in [2.05, 4.69) is 21.5 Å². The van der Waals surface area contributed by atoms with Crippen molar-refractivity contribution in [3.8, 4) is 11.5 Å². The van der Waals surface area contributed by atoms with Gasteiger partial charge in [0, 0.05) is 22.7 Å². The van der Waals surface area contributed by atoms with E-state index in [-0.39, 0.29) is 16.9 Å². The van der Waals surface area contributed by atoms with Crippen molar-refractivity contribution in [1.82, 2.24) is 16.2 Å². The summed E-state index contributed by atoms with van der Waals surface area (Å²) in [6.07, 6.45) is 1.83. The summed E-state index contributed by atoms with van der Waals surface area (Å²) >= 11 is 5.09. The fourth-order valence-electron chi connectivity index (χ4n) is 3.23. The van der Waals surface area contributed by atoms with Crippen molar-refractivity contribution in [1.29, 1.82) is 0 Å². The van der Waals surface area contributed by atoms with Crippen molar-refractivity contribution in [2.45, 2.75) is 12.8 Å². The molecule has 0 unspecified atom stereocenters. The Morgan fingerprint density at radius 2 is 1.30 bits per heavy atom. The van der Waals surface area contributed by atoms with Gasteiger partial charge in [0.2, 0.25) is 5.91 Å². The van der Waals surface area contributed by atoms with Crippen LogP contribution in [-0.4, -0.2) is 36.0 Å². The molecule has 4 rings (SSSR count). The first kappa shape index (κ1) is 25.6. The minimum Gasteiger partial charge on any atom is -0.490 e. The molecule has 1 fully saturated rings. The number of hydrogen-bond acceptors (Lipinski definition) is 6. The molecule has 4 N–H and O–H groups in total. The van der Waals surface area contributed by atoms with E-state index in [4.69, 9.17) is 21.7 Å². The van der Waals surface area contributed by atoms with E-state index in [1.807, 2.05) is 30.3 Å². The van der Waals surface area contributed by atoms with Gasteiger partial charge in [-0.1, -0.05) is 18.2 Å². The van der Waals surface area contributed by atoms with Crippen LogP contribution in [0.5, 0.6) is 11.5 Å². The van der Waals surface area contributed by atoms with Crippen molar-refractivity contribution in [3.63, 3.8) is 0 Å². The first-order valence-electron chi connectivity index (χ1n) is 11.7. The highest BCUT2D eigenvalue weighted by molar-refractivity contribution is 7.80. The molecule has 10 heteroatoms. The van der Waals surface area contributed by atoms with Crippen LogP contribution in [0, 0.1) is 5.92 Å². The number of thiocarbonyl (C=S) groups is 1. The van der Waals surface area contributed by atoms with Crippen molar-refractivity contribution >= 4 is 40.7 Å². The number of carbonyl (C=O) groups is 3. The molecule has 0 bridgehead atoms. The lowest BCUT2D eigenvalue weighted by molar-refractivity contribution is -0.117. The van der Waals surface area contributed by atoms with E-state index < -0.39 is 11.8 Å². The molecule has 3 aromatic carbocycles. The van der Waals surface area contributed by atoms with E-state index in [1.54, 1.807) is 48.5 Å². The number of amides is 3. The number of nitrogens with one attached hydrogen (secondary N) is 4. The van der Waals surface area contributed by atoms with E-state index >= 15 is 0 Å². The van der Waals surface area contributed by atoms with Gasteiger partial charge >= 0.3 is 0 Å². The lowest BCUT2D eigenvalue weighted by Gasteiger charge is -2.12. The lowest BCUT2D eigenvalue weighted by atomic mass is 10.2. The summed E-state index contributed by atoms with van der Waals surface area (Å²) in [5, 5.41) is 5.25. The third-order valence-electron chi connectivity index (χ3n) is 5.36. The molecule has 190 valence electrons. The third-order valence-corrected chi connectivity index (χ3v) is 5.56. The van der Waals surface area contributed by atoms with Crippen molar-refractivity contribution < 1.29 is 23.9 Å². The van der Waals surface area contributed by atoms with Crippen LogP contribution in [0.1, 0.15) is 33.6 Å². The molecule has 3 aromatic rings. The topological polar surface area (TPSA) is 118 Å². The first-order valence-corrected chi connectivity index (χ1v) is 12.1. The SMILES string of the molecule is O=C(NNC(=S)NC(=O)c1ccc(OCCOc2ccccc2)cc1)c1ccc(NC(=O)C2CC2)cc1. The highest BCUT2D eigenvalue weighted by atomic mass is 32.1. The van der Waals surface area contributed by atoms with Gasteiger partial charge in [0.25, 0.3) is 11.8 Å². The summed E-state index contributed by atoms with van der Waals surface area (Å²) in [6, 6.07) is 22.5. The Morgan fingerprint density at radius 3 is 1.92 bits per heavy atom. The average Bonchev–Trinajstić information content (AvgIpc) is 3.77. The number of rotatable bonds is 9. The Morgan fingerprint density at radius 1 is 0.730 bits per heavy atom. The van der Waals surface area contributed by atoms with Gasteiger partial charge < -0.3 is 14.8 Å². The fraction of sp³-hybridized carbons (Fsp3) is 0.185. The second kappa shape index (κ2) is 12.5. The summed E-state index contributed by atoms with van der Waals surface area (Å²) in [5.74, 6) is 0.566. The molecule has 9 nitrogen and oxygen atoms in total. The van der Waals surface area contributed by atoms with E-state index in [0.717, 1.165) is 18.6 Å². The maximum atomic E-state index is 12.4. The predicted octanol–water partition coefficient (Wildman–Crippen LogP) is 3.44. The Labute approximate surface area is 219 Å². The molecule has 0 atom stereocenters. The van der Waals surface area contributed by atoms with Crippen LogP contribution in [0.15, 0.2) is 78.9 Å². The zero-order valence-corrected chi connectivity index (χ0v) is 20.7. The molecule has 0 heterocycles. The summed E-state index contributed by atoms with van der Waals surface area (Å²) < 4.78 is 11.2. The Balaban J connectivity index is 1.15. The maximum Gasteiger partial charge on any atom is 0.269 e. The smallest absolute Gasteiger partial charge is 0.269 e. The largest absolute Gasteiger partial charge is 0.490 e. The van der Waals surface area contributed by atoms with Gasteiger partial charge in [-0.25, -0.2) is 0 Å². The van der Waals surface area contributed by atoms with Crippen molar-refractivity contribution in [2.24, 2.45) is 5.92 Å². The van der Waals surface area contributed by atoms with Crippen LogP contribution in [0.25, 0.3) is 0 Å². The fourth-order valence-corrected chi connectivity index (χ4v) is 3.37. The molecule has 1 aliphatic rings. The van der Waals surface area contributed by atoms with Gasteiger partial charge in [0.1, 0.15) is 24.7 Å². The minimum atomic E-state index is -0.450. The molecule has 0 radical (unpaired) electrons. The monoisotopic (exact) mass is 518 g/mol. The summed E-state index contributed by atoms with van der Waals surface area (Å²) in [5.41, 5.74) is 6.28. The molecule has 0 saturated heterocycles. The number of benzene rings is 3. The maximum absolute atomic E-state index is 12.4. The average molecular weight is 519 g/mol. The molecule has 1 aliphatic carbocycles. The zero-order chi connectivity index (χ0) is 26.0. The van der Waals surface area contributed by atoms with Crippen LogP contribution in [0.4, 0.5) is 5.69 Å². The van der Waals surface area contributed by atoms with E-state index in [9.17, 15) is 14.4 Å². The van der Waals surface area contributed by atoms with Gasteiger partial charge in [-0.15, -0.1) is 0 Å². The summed E-state index contributed by atoms with van der Waals surface area (Å²) in [6.45, 7) is 0.741. The Kier molecular flexibility index (Phi) is 8.66. The third kappa shape index (κ3) is 8.04. The van der Waals surface area contributed by atoms with E-state index in [0.29, 0.717) is 35.8 Å². The molecule has 0 aliphatic heterocycles. The van der Waals surface area contributed by atoms with Crippen molar-refractivity contribution in [3.05, 3.63) is 90.0 Å². The molecular weight excluding hydrogens is 492 g/mol. The molecule has 1 saturated carbocycles. The summed E-state index contributed by atoms with van der Waals surface area (Å²) in [7, 11) is 0. The summed E-state index contributed by atoms with van der Waals surface area (Å²) in [4.78, 5) is 36.6. The van der Waals surface area contributed by atoms with Crippen LogP contribution in [0.3, 0.4) is 0 Å². The van der Waals surface area contributed by atoms with Crippen LogP contribution < -0.4 is 31.0 Å². The second-order valence-electron chi connectivity index (χ2n) is 8.24. The molecule has 0 aromatic heterocycles. The number of hydrazine groups is 1. The molecule has 0 spiro atoms. The van der Waals surface area contributed by atoms with Gasteiger partial charge in [0.15, 0.2) is 5.11 Å². The Hall–Kier alpha value is -4.44. The highest BCUT2D eigenvalue weighted by Crippen LogP contribution is 2.30. The number of para-hydroxylation sites is 1. The van der Waals surface area contributed by atoms with E-state index in [1.165, 1.54) is 0 Å². The van der Waals surface area contributed by atoms with Gasteiger partial charge in [-0.05, 0) is 85.7 Å². The normalized spacial score (nSPS) is 12.1. The van der Waals surface area contributed by atoms with Gasteiger partial charge in [0.05, 0.1) is 0 Å². The number of ether oxygens (including phenoxy) is 2. The number of anilines is 1. The lowest BCUT2D eigenvalue weighted by Crippen LogP contribution is -2.48. The molecule has 3 amide bonds. The first-order chi connectivity index (χ1) is 18.0.